The minimum atomic E-state index is -1.14. The summed E-state index contributed by atoms with van der Waals surface area (Å²) in [6.07, 6.45) is -0.0343. The highest BCUT2D eigenvalue weighted by Gasteiger charge is 2.43. The van der Waals surface area contributed by atoms with Crippen molar-refractivity contribution in [3.05, 3.63) is 95.6 Å². The number of hydrogen-bond acceptors (Lipinski definition) is 8. The molecule has 1 aliphatic carbocycles. The van der Waals surface area contributed by atoms with Crippen molar-refractivity contribution in [2.75, 3.05) is 34.4 Å². The lowest BCUT2D eigenvalue weighted by atomic mass is 9.89. The molecule has 1 heterocycles. The summed E-state index contributed by atoms with van der Waals surface area (Å²) < 4.78 is 17.7. The van der Waals surface area contributed by atoms with Gasteiger partial charge in [0.15, 0.2) is 0 Å². The van der Waals surface area contributed by atoms with Crippen LogP contribution in [-0.4, -0.2) is 115 Å². The van der Waals surface area contributed by atoms with E-state index in [0.29, 0.717) is 25.8 Å². The summed E-state index contributed by atoms with van der Waals surface area (Å²) in [7, 11) is 4.71. The van der Waals surface area contributed by atoms with Crippen molar-refractivity contribution in [1.82, 2.24) is 20.4 Å². The van der Waals surface area contributed by atoms with Gasteiger partial charge >= 0.3 is 12.1 Å². The summed E-state index contributed by atoms with van der Waals surface area (Å²) >= 11 is 0. The second-order valence-electron chi connectivity index (χ2n) is 16.9. The van der Waals surface area contributed by atoms with Crippen molar-refractivity contribution in [3.8, 4) is 11.1 Å². The third-order valence-corrected chi connectivity index (χ3v) is 12.7. The first kappa shape index (κ1) is 46.8. The van der Waals surface area contributed by atoms with Crippen LogP contribution in [-0.2, 0) is 39.8 Å². The van der Waals surface area contributed by atoms with Crippen molar-refractivity contribution in [1.29, 1.82) is 0 Å². The van der Waals surface area contributed by atoms with Gasteiger partial charge in [-0.25, -0.2) is 9.59 Å². The molecule has 1 aliphatic heterocycles. The Morgan fingerprint density at radius 2 is 1.46 bits per heavy atom. The maximum absolute atomic E-state index is 14.4. The fraction of sp³-hybridized carbons (Fsp3) is 0.521. The van der Waals surface area contributed by atoms with Gasteiger partial charge in [0.25, 0.3) is 0 Å². The highest BCUT2D eigenvalue weighted by Crippen LogP contribution is 2.44. The van der Waals surface area contributed by atoms with Crippen LogP contribution < -0.4 is 10.6 Å². The van der Waals surface area contributed by atoms with Crippen molar-refractivity contribution in [2.45, 2.75) is 109 Å². The number of likely N-dealkylation sites (tertiary alicyclic amines) is 1. The zero-order chi connectivity index (χ0) is 44.4. The largest absolute Gasteiger partial charge is 0.480 e. The predicted molar refractivity (Wildman–Crippen MR) is 233 cm³/mol. The molecule has 2 aliphatic rings. The van der Waals surface area contributed by atoms with Crippen LogP contribution in [0.1, 0.15) is 82.9 Å². The van der Waals surface area contributed by atoms with E-state index in [0.717, 1.165) is 27.8 Å². The second-order valence-corrected chi connectivity index (χ2v) is 16.9. The van der Waals surface area contributed by atoms with Gasteiger partial charge in [0, 0.05) is 40.2 Å². The molecular formula is C48H64N4O9. The number of carboxylic acids is 1. The van der Waals surface area contributed by atoms with Gasteiger partial charge in [0.2, 0.25) is 17.7 Å². The van der Waals surface area contributed by atoms with Crippen LogP contribution in [0, 0.1) is 17.8 Å². The number of alkyl carbamates (subject to hydrolysis) is 1. The van der Waals surface area contributed by atoms with Crippen LogP contribution in [0.25, 0.3) is 11.1 Å². The van der Waals surface area contributed by atoms with E-state index < -0.39 is 60.3 Å². The van der Waals surface area contributed by atoms with Gasteiger partial charge in [0.05, 0.1) is 36.6 Å². The average molecular weight is 841 g/mol. The summed E-state index contributed by atoms with van der Waals surface area (Å²) in [6.45, 7) is 9.99. The number of carboxylic acid groups (broad SMARTS) is 1. The van der Waals surface area contributed by atoms with Gasteiger partial charge in [-0.15, -0.1) is 0 Å². The second kappa shape index (κ2) is 21.5. The van der Waals surface area contributed by atoms with Gasteiger partial charge in [0.1, 0.15) is 18.7 Å². The van der Waals surface area contributed by atoms with Crippen LogP contribution in [0.4, 0.5) is 4.79 Å². The molecule has 13 heteroatoms. The zero-order valence-corrected chi connectivity index (χ0v) is 36.8. The number of hydrogen-bond donors (Lipinski definition) is 3. The summed E-state index contributed by atoms with van der Waals surface area (Å²) in [5.74, 6) is -3.43. The number of carbonyl (C=O) groups is 5. The van der Waals surface area contributed by atoms with E-state index in [2.05, 4.69) is 34.9 Å². The molecule has 1 saturated heterocycles. The van der Waals surface area contributed by atoms with Gasteiger partial charge in [-0.3, -0.25) is 14.4 Å². The lowest BCUT2D eigenvalue weighted by molar-refractivity contribution is -0.147. The Balaban J connectivity index is 1.24. The molecule has 0 unspecified atom stereocenters. The third kappa shape index (κ3) is 11.0. The molecule has 3 N–H and O–H groups in total. The number of nitrogens with zero attached hydrogens (tertiary/aromatic N) is 2. The number of ether oxygens (including phenoxy) is 3. The molecule has 61 heavy (non-hydrogen) atoms. The average Bonchev–Trinajstić information content (AvgIpc) is 3.87. The molecule has 4 amide bonds. The number of aliphatic carboxylic acids is 1. The number of likely N-dealkylation sites (N-methyl/N-ethyl adjacent to an activating group) is 1. The summed E-state index contributed by atoms with van der Waals surface area (Å²) in [4.78, 5) is 71.1. The molecule has 3 aromatic rings. The maximum Gasteiger partial charge on any atom is 0.407 e. The van der Waals surface area contributed by atoms with Crippen LogP contribution in [0.15, 0.2) is 78.9 Å². The fourth-order valence-corrected chi connectivity index (χ4v) is 9.16. The molecule has 0 spiro atoms. The molecule has 330 valence electrons. The molecule has 0 saturated carbocycles. The van der Waals surface area contributed by atoms with Crippen molar-refractivity contribution in [3.63, 3.8) is 0 Å². The summed E-state index contributed by atoms with van der Waals surface area (Å²) in [5.41, 5.74) is 5.19. The Labute approximate surface area is 360 Å². The standard InChI is InChI=1S/C48H64N4O9/c1-9-30(4)43(51(6)46(55)42(29(2)3)50-48(58)61-28-37-35-22-15-13-20-33(35)34-21-14-16-23-36(34)37)40(59-7)27-41(53)52-25-17-24-39(52)44(60-8)31(5)45(54)49-38(47(56)57)26-32-18-11-10-12-19-32/h10-16,18-23,29-31,37-40,42-44H,9,17,24-28H2,1-8H3,(H,49,54)(H,50,58)(H,56,57)/t30-,31+,38-,39-,40+,42-,43-,44+/m0/s1. The van der Waals surface area contributed by atoms with Crippen LogP contribution in [0.5, 0.6) is 0 Å². The fourth-order valence-electron chi connectivity index (χ4n) is 9.16. The molecule has 0 radical (unpaired) electrons. The van der Waals surface area contributed by atoms with Crippen LogP contribution in [0.2, 0.25) is 0 Å². The quantitative estimate of drug-likeness (QED) is 0.119. The lowest BCUT2D eigenvalue weighted by Crippen LogP contribution is -2.58. The van der Waals surface area contributed by atoms with Gasteiger partial charge in [-0.2, -0.15) is 0 Å². The molecule has 3 aromatic carbocycles. The van der Waals surface area contributed by atoms with Crippen molar-refractivity contribution in [2.24, 2.45) is 17.8 Å². The van der Waals surface area contributed by atoms with Crippen LogP contribution >= 0.6 is 0 Å². The normalized spacial score (nSPS) is 18.2. The molecule has 13 nitrogen and oxygen atoms in total. The van der Waals surface area contributed by atoms with Crippen LogP contribution in [0.3, 0.4) is 0 Å². The van der Waals surface area contributed by atoms with Crippen molar-refractivity contribution >= 4 is 29.8 Å². The monoisotopic (exact) mass is 840 g/mol. The number of nitrogens with one attached hydrogen (secondary N) is 2. The highest BCUT2D eigenvalue weighted by molar-refractivity contribution is 5.87. The number of methoxy groups -OCH3 is 2. The first-order chi connectivity index (χ1) is 29.2. The minimum absolute atomic E-state index is 0.0407. The zero-order valence-electron chi connectivity index (χ0n) is 36.8. The number of benzene rings is 3. The molecule has 5 rings (SSSR count). The summed E-state index contributed by atoms with van der Waals surface area (Å²) in [6, 6.07) is 22.3. The van der Waals surface area contributed by atoms with Crippen molar-refractivity contribution < 1.29 is 43.3 Å². The van der Waals surface area contributed by atoms with E-state index in [9.17, 15) is 29.1 Å². The van der Waals surface area contributed by atoms with E-state index in [1.165, 1.54) is 14.2 Å². The number of rotatable bonds is 20. The van der Waals surface area contributed by atoms with E-state index in [-0.39, 0.29) is 49.0 Å². The van der Waals surface area contributed by atoms with E-state index >= 15 is 0 Å². The number of fused-ring (bicyclic) bond motifs is 3. The molecule has 0 aromatic heterocycles. The van der Waals surface area contributed by atoms with E-state index in [4.69, 9.17) is 14.2 Å². The number of amides is 4. The third-order valence-electron chi connectivity index (χ3n) is 12.7. The van der Waals surface area contributed by atoms with Gasteiger partial charge in [-0.1, -0.05) is 120 Å². The molecule has 8 atom stereocenters. The molecular weight excluding hydrogens is 777 g/mol. The van der Waals surface area contributed by atoms with E-state index in [1.54, 1.807) is 23.8 Å². The Hall–Kier alpha value is -5.27. The SMILES string of the molecule is CC[C@H](C)[C@@H]([C@@H](CC(=O)N1CCC[C@H]1[C@H](OC)[C@@H](C)C(=O)N[C@@H](Cc1ccccc1)C(=O)O)OC)N(C)C(=O)[C@@H](NC(=O)OCC1c2ccccc2-c2ccccc21)C(C)C. The molecule has 1 fully saturated rings. The predicted octanol–water partition coefficient (Wildman–Crippen LogP) is 6.28. The summed E-state index contributed by atoms with van der Waals surface area (Å²) in [5, 5.41) is 15.5. The lowest BCUT2D eigenvalue weighted by Gasteiger charge is -2.40. The Morgan fingerprint density at radius 3 is 2.02 bits per heavy atom. The Bertz CT molecular complexity index is 1930. The highest BCUT2D eigenvalue weighted by atomic mass is 16.5. The van der Waals surface area contributed by atoms with Gasteiger partial charge in [-0.05, 0) is 52.5 Å². The van der Waals surface area contributed by atoms with E-state index in [1.807, 2.05) is 82.3 Å². The maximum atomic E-state index is 14.4. The minimum Gasteiger partial charge on any atom is -0.480 e. The smallest absolute Gasteiger partial charge is 0.407 e. The first-order valence-corrected chi connectivity index (χ1v) is 21.5. The molecule has 0 bridgehead atoms. The number of carbonyl (C=O) groups excluding carboxylic acids is 4. The Kier molecular flexibility index (Phi) is 16.5. The van der Waals surface area contributed by atoms with Gasteiger partial charge < -0.3 is 39.8 Å². The topological polar surface area (TPSA) is 164 Å². The first-order valence-electron chi connectivity index (χ1n) is 21.5. The Morgan fingerprint density at radius 1 is 0.852 bits per heavy atom.